The predicted molar refractivity (Wildman–Crippen MR) is 57.1 cm³/mol. The van der Waals surface area contributed by atoms with Gasteiger partial charge in [-0.3, -0.25) is 4.79 Å². The Morgan fingerprint density at radius 2 is 1.75 bits per heavy atom. The van der Waals surface area contributed by atoms with Gasteiger partial charge < -0.3 is 5.32 Å². The molecular formula is C12H19F2NO. The van der Waals surface area contributed by atoms with Crippen LogP contribution in [-0.2, 0) is 4.79 Å². The van der Waals surface area contributed by atoms with Gasteiger partial charge in [0.05, 0.1) is 0 Å². The van der Waals surface area contributed by atoms with Crippen molar-refractivity contribution in [2.45, 2.75) is 45.6 Å². The quantitative estimate of drug-likeness (QED) is 0.794. The smallest absolute Gasteiger partial charge is 0.248 e. The highest BCUT2D eigenvalue weighted by atomic mass is 19.3. The Bertz CT molecular complexity index is 289. The van der Waals surface area contributed by atoms with E-state index >= 15 is 0 Å². The van der Waals surface area contributed by atoms with Gasteiger partial charge in [-0.2, -0.15) is 0 Å². The van der Waals surface area contributed by atoms with Crippen LogP contribution >= 0.6 is 0 Å². The molecule has 1 amide bonds. The molecule has 1 N–H and O–H groups in total. The number of halogens is 2. The maximum Gasteiger partial charge on any atom is 0.248 e. The average Bonchev–Trinajstić information content (AvgIpc) is 2.65. The Balaban J connectivity index is 1.83. The molecule has 4 atom stereocenters. The summed E-state index contributed by atoms with van der Waals surface area (Å²) < 4.78 is 25.8. The van der Waals surface area contributed by atoms with E-state index in [1.165, 1.54) is 0 Å². The van der Waals surface area contributed by atoms with E-state index in [2.05, 4.69) is 5.32 Å². The molecule has 4 heteroatoms. The van der Waals surface area contributed by atoms with E-state index in [1.54, 1.807) is 0 Å². The van der Waals surface area contributed by atoms with Crippen LogP contribution in [0, 0.1) is 23.7 Å². The fourth-order valence-electron chi connectivity index (χ4n) is 2.65. The standard InChI is InChI=1S/C12H19F2NO/c1-6(2)7(3)15-11(16)10-8-4-12(13,14)5-9(8)10/h6-10H,4-5H2,1-3H3,(H,15,16)/t7-,8-,9+,10?/m1/s1. The molecule has 0 bridgehead atoms. The number of hydrogen-bond donors (Lipinski definition) is 1. The summed E-state index contributed by atoms with van der Waals surface area (Å²) in [5.41, 5.74) is 0. The van der Waals surface area contributed by atoms with Crippen LogP contribution in [0.5, 0.6) is 0 Å². The number of rotatable bonds is 3. The zero-order chi connectivity index (χ0) is 12.1. The first-order valence-corrected chi connectivity index (χ1v) is 6.00. The summed E-state index contributed by atoms with van der Waals surface area (Å²) in [7, 11) is 0. The number of carbonyl (C=O) groups excluding carboxylic acids is 1. The van der Waals surface area contributed by atoms with Crippen LogP contribution in [0.2, 0.25) is 0 Å². The van der Waals surface area contributed by atoms with Crippen molar-refractivity contribution >= 4 is 5.91 Å². The molecular weight excluding hydrogens is 212 g/mol. The first-order chi connectivity index (χ1) is 7.32. The normalized spacial score (nSPS) is 37.0. The van der Waals surface area contributed by atoms with Gasteiger partial charge in [0.2, 0.25) is 11.8 Å². The largest absolute Gasteiger partial charge is 0.353 e. The third-order valence-electron chi connectivity index (χ3n) is 4.07. The number of hydrogen-bond acceptors (Lipinski definition) is 1. The lowest BCUT2D eigenvalue weighted by molar-refractivity contribution is -0.124. The van der Waals surface area contributed by atoms with Gasteiger partial charge in [0.25, 0.3) is 0 Å². The van der Waals surface area contributed by atoms with Crippen LogP contribution < -0.4 is 5.32 Å². The van der Waals surface area contributed by atoms with Crippen LogP contribution in [0.25, 0.3) is 0 Å². The number of amides is 1. The van der Waals surface area contributed by atoms with Gasteiger partial charge >= 0.3 is 0 Å². The predicted octanol–water partition coefficient (Wildman–Crippen LogP) is 2.44. The summed E-state index contributed by atoms with van der Waals surface area (Å²) in [6.07, 6.45) is -0.183. The lowest BCUT2D eigenvalue weighted by Crippen LogP contribution is -2.38. The summed E-state index contributed by atoms with van der Waals surface area (Å²) in [4.78, 5) is 11.8. The molecule has 2 fully saturated rings. The van der Waals surface area contributed by atoms with Gasteiger partial charge in [0.15, 0.2) is 0 Å². The number of carbonyl (C=O) groups is 1. The maximum absolute atomic E-state index is 12.9. The van der Waals surface area contributed by atoms with Crippen LogP contribution in [0.1, 0.15) is 33.6 Å². The van der Waals surface area contributed by atoms with Crippen molar-refractivity contribution in [3.8, 4) is 0 Å². The molecule has 0 radical (unpaired) electrons. The Labute approximate surface area is 94.8 Å². The van der Waals surface area contributed by atoms with Crippen molar-refractivity contribution < 1.29 is 13.6 Å². The Morgan fingerprint density at radius 3 is 2.19 bits per heavy atom. The minimum Gasteiger partial charge on any atom is -0.353 e. The molecule has 16 heavy (non-hydrogen) atoms. The van der Waals surface area contributed by atoms with Crippen LogP contribution in [0.15, 0.2) is 0 Å². The van der Waals surface area contributed by atoms with E-state index in [-0.39, 0.29) is 42.5 Å². The Kier molecular flexibility index (Phi) is 2.71. The van der Waals surface area contributed by atoms with E-state index in [0.29, 0.717) is 5.92 Å². The molecule has 2 saturated carbocycles. The monoisotopic (exact) mass is 231 g/mol. The van der Waals surface area contributed by atoms with Gasteiger partial charge in [0, 0.05) is 24.8 Å². The van der Waals surface area contributed by atoms with E-state index in [9.17, 15) is 13.6 Å². The minimum atomic E-state index is -2.52. The van der Waals surface area contributed by atoms with Crippen LogP contribution in [-0.4, -0.2) is 17.9 Å². The van der Waals surface area contributed by atoms with Crippen molar-refractivity contribution in [3.63, 3.8) is 0 Å². The molecule has 92 valence electrons. The summed E-state index contributed by atoms with van der Waals surface area (Å²) in [5.74, 6) is -2.42. The minimum absolute atomic E-state index is 0.0216. The Morgan fingerprint density at radius 1 is 1.25 bits per heavy atom. The molecule has 2 aliphatic carbocycles. The third kappa shape index (κ3) is 2.06. The first kappa shape index (κ1) is 11.8. The van der Waals surface area contributed by atoms with E-state index in [4.69, 9.17) is 0 Å². The zero-order valence-electron chi connectivity index (χ0n) is 9.97. The topological polar surface area (TPSA) is 29.1 Å². The summed E-state index contributed by atoms with van der Waals surface area (Å²) >= 11 is 0. The molecule has 0 aromatic rings. The second kappa shape index (κ2) is 3.67. The highest BCUT2D eigenvalue weighted by molar-refractivity contribution is 5.82. The lowest BCUT2D eigenvalue weighted by Gasteiger charge is -2.19. The van der Waals surface area contributed by atoms with E-state index < -0.39 is 5.92 Å². The Hall–Kier alpha value is -0.670. The second-order valence-electron chi connectivity index (χ2n) is 5.66. The molecule has 2 nitrogen and oxygen atoms in total. The van der Waals surface area contributed by atoms with Gasteiger partial charge in [0.1, 0.15) is 0 Å². The summed E-state index contributed by atoms with van der Waals surface area (Å²) in [6, 6.07) is 0.120. The molecule has 2 rings (SSSR count). The van der Waals surface area contributed by atoms with Gasteiger partial charge in [-0.05, 0) is 24.7 Å². The molecule has 1 unspecified atom stereocenters. The van der Waals surface area contributed by atoms with Crippen molar-refractivity contribution in [1.29, 1.82) is 0 Å². The van der Waals surface area contributed by atoms with Crippen molar-refractivity contribution in [3.05, 3.63) is 0 Å². The molecule has 0 aliphatic heterocycles. The molecule has 2 aliphatic rings. The highest BCUT2D eigenvalue weighted by Gasteiger charge is 2.65. The number of alkyl halides is 2. The molecule has 0 heterocycles. The number of fused-ring (bicyclic) bond motifs is 1. The van der Waals surface area contributed by atoms with Gasteiger partial charge in [-0.25, -0.2) is 8.78 Å². The third-order valence-corrected chi connectivity index (χ3v) is 4.07. The lowest BCUT2D eigenvalue weighted by atomic mass is 10.0. The van der Waals surface area contributed by atoms with E-state index in [0.717, 1.165) is 0 Å². The average molecular weight is 231 g/mol. The highest BCUT2D eigenvalue weighted by Crippen LogP contribution is 2.62. The van der Waals surface area contributed by atoms with Crippen LogP contribution in [0.3, 0.4) is 0 Å². The van der Waals surface area contributed by atoms with Crippen molar-refractivity contribution in [2.75, 3.05) is 0 Å². The fourth-order valence-corrected chi connectivity index (χ4v) is 2.65. The number of nitrogens with one attached hydrogen (secondary N) is 1. The van der Waals surface area contributed by atoms with Gasteiger partial charge in [-0.1, -0.05) is 13.8 Å². The summed E-state index contributed by atoms with van der Waals surface area (Å²) in [5, 5.41) is 2.91. The van der Waals surface area contributed by atoms with Gasteiger partial charge in [-0.15, -0.1) is 0 Å². The van der Waals surface area contributed by atoms with Crippen molar-refractivity contribution in [2.24, 2.45) is 23.7 Å². The summed E-state index contributed by atoms with van der Waals surface area (Å²) in [6.45, 7) is 6.02. The maximum atomic E-state index is 12.9. The first-order valence-electron chi connectivity index (χ1n) is 6.00. The SMILES string of the molecule is CC(C)[C@@H](C)NC(=O)C1[C@H]2CC(F)(F)C[C@@H]12. The van der Waals surface area contributed by atoms with Crippen LogP contribution in [0.4, 0.5) is 8.78 Å². The van der Waals surface area contributed by atoms with E-state index in [1.807, 2.05) is 20.8 Å². The molecule has 0 aromatic heterocycles. The zero-order valence-corrected chi connectivity index (χ0v) is 9.97. The van der Waals surface area contributed by atoms with Crippen molar-refractivity contribution in [1.82, 2.24) is 5.32 Å². The fraction of sp³-hybridized carbons (Fsp3) is 0.917. The second-order valence-corrected chi connectivity index (χ2v) is 5.66. The molecule has 0 spiro atoms. The molecule has 0 aromatic carbocycles. The molecule has 0 saturated heterocycles.